The quantitative estimate of drug-likeness (QED) is 0.488. The van der Waals surface area contributed by atoms with Crippen molar-refractivity contribution in [2.75, 3.05) is 26.7 Å². The number of methoxy groups -OCH3 is 1. The van der Waals surface area contributed by atoms with Gasteiger partial charge in [0.25, 0.3) is 0 Å². The van der Waals surface area contributed by atoms with Gasteiger partial charge in [0.2, 0.25) is 0 Å². The lowest BCUT2D eigenvalue weighted by atomic mass is 9.81. The minimum Gasteiger partial charge on any atom is -0.497 e. The summed E-state index contributed by atoms with van der Waals surface area (Å²) in [4.78, 5) is 18.1. The van der Waals surface area contributed by atoms with E-state index in [2.05, 4.69) is 21.7 Å². The zero-order chi connectivity index (χ0) is 24.1. The number of pyridine rings is 1. The number of nitrogens with zero attached hydrogens (tertiary/aromatic N) is 2. The van der Waals surface area contributed by atoms with Crippen LogP contribution in [0.1, 0.15) is 36.5 Å². The van der Waals surface area contributed by atoms with Crippen molar-refractivity contribution < 1.29 is 24.1 Å². The molecule has 34 heavy (non-hydrogen) atoms. The van der Waals surface area contributed by atoms with Gasteiger partial charge < -0.3 is 14.9 Å². The maximum atomic E-state index is 14.7. The van der Waals surface area contributed by atoms with Crippen LogP contribution in [0.2, 0.25) is 0 Å². The predicted octanol–water partition coefficient (Wildman–Crippen LogP) is 4.33. The van der Waals surface area contributed by atoms with E-state index in [9.17, 15) is 19.4 Å². The lowest BCUT2D eigenvalue weighted by Crippen LogP contribution is -2.44. The molecule has 1 fully saturated rings. The van der Waals surface area contributed by atoms with Gasteiger partial charge >= 0.3 is 5.97 Å². The first-order valence-corrected chi connectivity index (χ1v) is 12.2. The van der Waals surface area contributed by atoms with Gasteiger partial charge in [-0.3, -0.25) is 14.7 Å². The average molecular weight is 483 g/mol. The molecule has 3 aromatic rings. The van der Waals surface area contributed by atoms with Crippen LogP contribution >= 0.6 is 11.3 Å². The van der Waals surface area contributed by atoms with E-state index in [0.717, 1.165) is 18.3 Å². The third-order valence-electron chi connectivity index (χ3n) is 6.43. The van der Waals surface area contributed by atoms with E-state index in [1.165, 1.54) is 7.11 Å². The number of likely N-dealkylation sites (tertiary alicyclic amines) is 1. The van der Waals surface area contributed by atoms with Crippen LogP contribution < -0.4 is 4.74 Å². The molecule has 0 aliphatic carbocycles. The monoisotopic (exact) mass is 482 g/mol. The molecule has 6 nitrogen and oxygen atoms in total. The Morgan fingerprint density at radius 2 is 2.26 bits per heavy atom. The maximum Gasteiger partial charge on any atom is 0.308 e. The largest absolute Gasteiger partial charge is 0.497 e. The molecule has 2 aromatic heterocycles. The van der Waals surface area contributed by atoms with E-state index in [4.69, 9.17) is 4.74 Å². The van der Waals surface area contributed by atoms with Crippen molar-refractivity contribution >= 4 is 28.2 Å². The molecule has 1 aliphatic heterocycles. The number of aliphatic hydroxyl groups excluding tert-OH is 1. The Kier molecular flexibility index (Phi) is 7.78. The zero-order valence-corrected chi connectivity index (χ0v) is 19.7. The van der Waals surface area contributed by atoms with Crippen molar-refractivity contribution in [3.63, 3.8) is 0 Å². The fourth-order valence-electron chi connectivity index (χ4n) is 4.58. The highest BCUT2D eigenvalue weighted by Gasteiger charge is 2.34. The summed E-state index contributed by atoms with van der Waals surface area (Å²) < 4.78 is 19.9. The summed E-state index contributed by atoms with van der Waals surface area (Å²) in [6.45, 7) is 1.68. The molecule has 4 rings (SSSR count). The van der Waals surface area contributed by atoms with Gasteiger partial charge in [-0.2, -0.15) is 11.3 Å². The molecule has 3 unspecified atom stereocenters. The second-order valence-electron chi connectivity index (χ2n) is 8.54. The van der Waals surface area contributed by atoms with Gasteiger partial charge in [-0.15, -0.1) is 0 Å². The maximum absolute atomic E-state index is 14.7. The number of halogens is 1. The molecule has 0 bridgehead atoms. The van der Waals surface area contributed by atoms with Crippen LogP contribution in [0.25, 0.3) is 10.9 Å². The number of aromatic nitrogens is 1. The Labute approximate surface area is 202 Å². The number of carbonyl (C=O) groups is 1. The fourth-order valence-corrected chi connectivity index (χ4v) is 5.16. The van der Waals surface area contributed by atoms with E-state index >= 15 is 0 Å². The molecule has 8 heteroatoms. The normalized spacial score (nSPS) is 19.4. The topological polar surface area (TPSA) is 82.9 Å². The van der Waals surface area contributed by atoms with Crippen LogP contribution in [0.15, 0.2) is 41.2 Å². The average Bonchev–Trinajstić information content (AvgIpc) is 3.36. The molecular formula is C26H27FN2O4S. The van der Waals surface area contributed by atoms with E-state index in [0.29, 0.717) is 42.6 Å². The summed E-state index contributed by atoms with van der Waals surface area (Å²) in [5, 5.41) is 25.2. The number of benzene rings is 1. The Balaban J connectivity index is 1.42. The first-order valence-electron chi connectivity index (χ1n) is 11.2. The standard InChI is InChI=1S/C26H27FN2O4S/c1-33-19-5-6-23-20(13-19)25(22(27)14-28-23)24(30)7-4-18-8-11-29(15-21(18)26(31)32)10-2-3-17-9-12-34-16-17/h5-6,9,12-14,16,18,21,24,30H,4,7-8,10-11,15H2,1H3,(H,31,32). The lowest BCUT2D eigenvalue weighted by molar-refractivity contribution is -0.146. The second-order valence-corrected chi connectivity index (χ2v) is 9.32. The predicted molar refractivity (Wildman–Crippen MR) is 129 cm³/mol. The fraction of sp³-hybridized carbons (Fsp3) is 0.385. The SMILES string of the molecule is COc1ccc2ncc(F)c(C(O)CCC3CCN(CC#Cc4ccsc4)CC3C(=O)O)c2c1. The Hall–Kier alpha value is -2.99. The summed E-state index contributed by atoms with van der Waals surface area (Å²) in [7, 11) is 1.52. The van der Waals surface area contributed by atoms with Gasteiger partial charge in [0, 0.05) is 28.4 Å². The molecule has 2 N–H and O–H groups in total. The summed E-state index contributed by atoms with van der Waals surface area (Å²) >= 11 is 1.59. The van der Waals surface area contributed by atoms with Crippen LogP contribution in [-0.4, -0.2) is 52.8 Å². The smallest absolute Gasteiger partial charge is 0.308 e. The van der Waals surface area contributed by atoms with Crippen molar-refractivity contribution in [2.45, 2.75) is 25.4 Å². The van der Waals surface area contributed by atoms with E-state index in [1.54, 1.807) is 29.5 Å². The number of hydrogen-bond acceptors (Lipinski definition) is 6. The molecular weight excluding hydrogens is 455 g/mol. The summed E-state index contributed by atoms with van der Waals surface area (Å²) in [6, 6.07) is 7.08. The minimum absolute atomic E-state index is 0.0982. The van der Waals surface area contributed by atoms with Gasteiger partial charge in [0.1, 0.15) is 11.6 Å². The first-order chi connectivity index (χ1) is 16.5. The number of piperidine rings is 1. The van der Waals surface area contributed by atoms with Crippen molar-refractivity contribution in [2.24, 2.45) is 11.8 Å². The van der Waals surface area contributed by atoms with Gasteiger partial charge in [0.15, 0.2) is 0 Å². The third-order valence-corrected chi connectivity index (χ3v) is 7.11. The molecule has 0 radical (unpaired) electrons. The highest BCUT2D eigenvalue weighted by molar-refractivity contribution is 7.08. The van der Waals surface area contributed by atoms with Crippen molar-refractivity contribution in [1.82, 2.24) is 9.88 Å². The van der Waals surface area contributed by atoms with Crippen molar-refractivity contribution in [1.29, 1.82) is 0 Å². The number of rotatable bonds is 7. The van der Waals surface area contributed by atoms with E-state index < -0.39 is 23.8 Å². The van der Waals surface area contributed by atoms with Crippen LogP contribution in [0, 0.1) is 29.5 Å². The Morgan fingerprint density at radius 1 is 1.41 bits per heavy atom. The Morgan fingerprint density at radius 3 is 3.00 bits per heavy atom. The number of fused-ring (bicyclic) bond motifs is 1. The molecule has 1 aromatic carbocycles. The van der Waals surface area contributed by atoms with E-state index in [-0.39, 0.29) is 17.9 Å². The minimum atomic E-state index is -1.07. The van der Waals surface area contributed by atoms with Gasteiger partial charge in [-0.25, -0.2) is 4.39 Å². The van der Waals surface area contributed by atoms with Gasteiger partial charge in [0.05, 0.1) is 37.4 Å². The van der Waals surface area contributed by atoms with Gasteiger partial charge in [-0.05, 0) is 61.4 Å². The first kappa shape index (κ1) is 24.1. The molecule has 1 saturated heterocycles. The van der Waals surface area contributed by atoms with Crippen LogP contribution in [0.3, 0.4) is 0 Å². The second kappa shape index (κ2) is 11.0. The number of thiophene rings is 1. The van der Waals surface area contributed by atoms with E-state index in [1.807, 2.05) is 16.8 Å². The number of hydrogen-bond donors (Lipinski definition) is 2. The number of aliphatic hydroxyl groups is 1. The number of carboxylic acid groups (broad SMARTS) is 1. The number of ether oxygens (including phenoxy) is 1. The molecule has 3 heterocycles. The summed E-state index contributed by atoms with van der Waals surface area (Å²) in [5.74, 6) is 4.70. The number of carboxylic acids is 1. The zero-order valence-electron chi connectivity index (χ0n) is 18.9. The highest BCUT2D eigenvalue weighted by atomic mass is 32.1. The highest BCUT2D eigenvalue weighted by Crippen LogP contribution is 2.34. The Bertz CT molecular complexity index is 1200. The summed E-state index contributed by atoms with van der Waals surface area (Å²) in [6.07, 6.45) is 1.49. The molecule has 0 amide bonds. The lowest BCUT2D eigenvalue weighted by Gasteiger charge is -2.36. The van der Waals surface area contributed by atoms with Crippen LogP contribution in [-0.2, 0) is 4.79 Å². The van der Waals surface area contributed by atoms with Crippen molar-refractivity contribution in [3.05, 3.63) is 58.2 Å². The van der Waals surface area contributed by atoms with Crippen molar-refractivity contribution in [3.8, 4) is 17.6 Å². The molecule has 3 atom stereocenters. The molecule has 0 saturated carbocycles. The summed E-state index contributed by atoms with van der Waals surface area (Å²) in [5.41, 5.74) is 1.71. The van der Waals surface area contributed by atoms with Gasteiger partial charge in [-0.1, -0.05) is 11.8 Å². The third kappa shape index (κ3) is 5.55. The van der Waals surface area contributed by atoms with Crippen LogP contribution in [0.4, 0.5) is 4.39 Å². The molecule has 0 spiro atoms. The number of aliphatic carboxylic acids is 1. The molecule has 178 valence electrons. The van der Waals surface area contributed by atoms with Crippen LogP contribution in [0.5, 0.6) is 5.75 Å². The molecule has 1 aliphatic rings.